The van der Waals surface area contributed by atoms with Crippen LogP contribution >= 0.6 is 11.8 Å². The van der Waals surface area contributed by atoms with Crippen molar-refractivity contribution in [2.75, 3.05) is 12.4 Å². The van der Waals surface area contributed by atoms with Gasteiger partial charge in [-0.1, -0.05) is 0 Å². The van der Waals surface area contributed by atoms with Gasteiger partial charge in [0.15, 0.2) is 10.7 Å². The SMILES string of the molecule is O=C1CCCC[C@]12OCCS2. The molecule has 0 N–H and O–H groups in total. The molecule has 0 amide bonds. The van der Waals surface area contributed by atoms with Crippen LogP contribution in [0.25, 0.3) is 0 Å². The lowest BCUT2D eigenvalue weighted by molar-refractivity contribution is -0.135. The van der Waals surface area contributed by atoms with E-state index in [1.807, 2.05) is 0 Å². The van der Waals surface area contributed by atoms with Crippen molar-refractivity contribution in [3.8, 4) is 0 Å². The molecular weight excluding hydrogens is 160 g/mol. The molecule has 2 fully saturated rings. The third-order valence-corrected chi connectivity index (χ3v) is 3.73. The van der Waals surface area contributed by atoms with Gasteiger partial charge in [0.1, 0.15) is 0 Å². The van der Waals surface area contributed by atoms with Gasteiger partial charge in [0, 0.05) is 12.2 Å². The van der Waals surface area contributed by atoms with Crippen molar-refractivity contribution < 1.29 is 9.53 Å². The van der Waals surface area contributed by atoms with E-state index in [4.69, 9.17) is 4.74 Å². The summed E-state index contributed by atoms with van der Waals surface area (Å²) in [6, 6.07) is 0. The highest BCUT2D eigenvalue weighted by molar-refractivity contribution is 8.01. The Morgan fingerprint density at radius 1 is 1.45 bits per heavy atom. The van der Waals surface area contributed by atoms with Gasteiger partial charge in [-0.25, -0.2) is 0 Å². The minimum Gasteiger partial charge on any atom is -0.356 e. The first-order valence-electron chi connectivity index (χ1n) is 4.15. The predicted octanol–water partition coefficient (Wildman–Crippen LogP) is 1.59. The highest BCUT2D eigenvalue weighted by Gasteiger charge is 2.44. The number of carbonyl (C=O) groups is 1. The van der Waals surface area contributed by atoms with Crippen LogP contribution in [0.4, 0.5) is 0 Å². The molecule has 0 bridgehead atoms. The van der Waals surface area contributed by atoms with Gasteiger partial charge in [0.25, 0.3) is 0 Å². The summed E-state index contributed by atoms with van der Waals surface area (Å²) in [7, 11) is 0. The number of hydrogen-bond donors (Lipinski definition) is 0. The quantitative estimate of drug-likeness (QED) is 0.555. The zero-order chi connectivity index (χ0) is 7.73. The molecule has 0 radical (unpaired) electrons. The molecule has 0 aromatic carbocycles. The van der Waals surface area contributed by atoms with E-state index in [1.165, 1.54) is 0 Å². The van der Waals surface area contributed by atoms with E-state index >= 15 is 0 Å². The molecule has 3 heteroatoms. The average molecular weight is 172 g/mol. The molecule has 1 heterocycles. The van der Waals surface area contributed by atoms with E-state index in [9.17, 15) is 4.79 Å². The molecule has 1 saturated heterocycles. The Morgan fingerprint density at radius 2 is 2.36 bits per heavy atom. The Bertz CT molecular complexity index is 173. The van der Waals surface area contributed by atoms with E-state index in [1.54, 1.807) is 11.8 Å². The lowest BCUT2D eigenvalue weighted by Gasteiger charge is -2.29. The molecule has 0 aromatic heterocycles. The molecule has 2 nitrogen and oxygen atoms in total. The van der Waals surface area contributed by atoms with Gasteiger partial charge in [0.05, 0.1) is 6.61 Å². The molecule has 0 aromatic rings. The van der Waals surface area contributed by atoms with Crippen molar-refractivity contribution in [1.29, 1.82) is 0 Å². The summed E-state index contributed by atoms with van der Waals surface area (Å²) in [5.74, 6) is 1.32. The molecule has 1 atom stereocenters. The molecule has 1 spiro atoms. The summed E-state index contributed by atoms with van der Waals surface area (Å²) in [5, 5.41) is 0. The molecule has 62 valence electrons. The van der Waals surface area contributed by atoms with Crippen molar-refractivity contribution in [2.45, 2.75) is 30.6 Å². The fraction of sp³-hybridized carbons (Fsp3) is 0.875. The topological polar surface area (TPSA) is 26.3 Å². The molecule has 1 aliphatic carbocycles. The maximum atomic E-state index is 11.5. The van der Waals surface area contributed by atoms with Crippen LogP contribution in [-0.2, 0) is 9.53 Å². The number of thioether (sulfide) groups is 1. The number of rotatable bonds is 0. The van der Waals surface area contributed by atoms with Crippen molar-refractivity contribution in [1.82, 2.24) is 0 Å². The monoisotopic (exact) mass is 172 g/mol. The summed E-state index contributed by atoms with van der Waals surface area (Å²) in [6.07, 6.45) is 3.88. The van der Waals surface area contributed by atoms with Crippen LogP contribution in [0.1, 0.15) is 25.7 Å². The second kappa shape index (κ2) is 2.79. The smallest absolute Gasteiger partial charge is 0.174 e. The lowest BCUT2D eigenvalue weighted by atomic mass is 9.96. The zero-order valence-electron chi connectivity index (χ0n) is 6.47. The number of ketones is 1. The van der Waals surface area contributed by atoms with E-state index in [0.717, 1.165) is 38.0 Å². The zero-order valence-corrected chi connectivity index (χ0v) is 7.28. The van der Waals surface area contributed by atoms with Crippen LogP contribution in [0.15, 0.2) is 0 Å². The fourth-order valence-corrected chi connectivity index (χ4v) is 2.95. The van der Waals surface area contributed by atoms with Crippen molar-refractivity contribution in [3.63, 3.8) is 0 Å². The van der Waals surface area contributed by atoms with E-state index < -0.39 is 4.93 Å². The van der Waals surface area contributed by atoms with Crippen molar-refractivity contribution in [2.24, 2.45) is 0 Å². The highest BCUT2D eigenvalue weighted by Crippen LogP contribution is 2.41. The first-order chi connectivity index (χ1) is 5.33. The molecule has 11 heavy (non-hydrogen) atoms. The third kappa shape index (κ3) is 1.20. The normalized spacial score (nSPS) is 38.4. The van der Waals surface area contributed by atoms with Crippen LogP contribution in [0.5, 0.6) is 0 Å². The van der Waals surface area contributed by atoms with Crippen LogP contribution in [-0.4, -0.2) is 23.1 Å². The summed E-state index contributed by atoms with van der Waals surface area (Å²) in [4.78, 5) is 11.1. The number of Topliss-reactive ketones (excluding diaryl/α,β-unsaturated/α-hetero) is 1. The van der Waals surface area contributed by atoms with Crippen molar-refractivity contribution >= 4 is 17.5 Å². The van der Waals surface area contributed by atoms with Crippen LogP contribution in [0.2, 0.25) is 0 Å². The Labute approximate surface area is 70.7 Å². The predicted molar refractivity (Wildman–Crippen MR) is 44.6 cm³/mol. The average Bonchev–Trinajstić information content (AvgIpc) is 2.46. The van der Waals surface area contributed by atoms with Gasteiger partial charge in [-0.05, 0) is 19.3 Å². The molecule has 0 unspecified atom stereocenters. The molecule has 2 rings (SSSR count). The van der Waals surface area contributed by atoms with E-state index in [0.29, 0.717) is 5.78 Å². The first-order valence-corrected chi connectivity index (χ1v) is 5.13. The molecule has 2 aliphatic rings. The lowest BCUT2D eigenvalue weighted by Crippen LogP contribution is -2.37. The molecule has 1 aliphatic heterocycles. The van der Waals surface area contributed by atoms with Gasteiger partial charge < -0.3 is 4.74 Å². The maximum absolute atomic E-state index is 11.5. The second-order valence-electron chi connectivity index (χ2n) is 3.08. The van der Waals surface area contributed by atoms with Gasteiger partial charge in [-0.15, -0.1) is 11.8 Å². The van der Waals surface area contributed by atoms with E-state index in [2.05, 4.69) is 0 Å². The highest BCUT2D eigenvalue weighted by atomic mass is 32.2. The largest absolute Gasteiger partial charge is 0.356 e. The van der Waals surface area contributed by atoms with Gasteiger partial charge in [0.2, 0.25) is 0 Å². The fourth-order valence-electron chi connectivity index (χ4n) is 1.73. The summed E-state index contributed by atoms with van der Waals surface area (Å²) < 4.78 is 5.51. The van der Waals surface area contributed by atoms with Gasteiger partial charge in [-0.2, -0.15) is 0 Å². The third-order valence-electron chi connectivity index (χ3n) is 2.34. The summed E-state index contributed by atoms with van der Waals surface area (Å²) >= 11 is 1.70. The van der Waals surface area contributed by atoms with Gasteiger partial charge >= 0.3 is 0 Å². The standard InChI is InChI=1S/C8H12O2S/c9-7-3-1-2-4-8(7)10-5-6-11-8/h1-6H2/t8-/m1/s1. The minimum absolute atomic E-state index is 0.325. The minimum atomic E-state index is -0.391. The van der Waals surface area contributed by atoms with Crippen LogP contribution in [0.3, 0.4) is 0 Å². The van der Waals surface area contributed by atoms with Gasteiger partial charge in [-0.3, -0.25) is 4.79 Å². The Morgan fingerprint density at radius 3 is 3.00 bits per heavy atom. The van der Waals surface area contributed by atoms with Crippen LogP contribution in [0, 0.1) is 0 Å². The summed E-state index contributed by atoms with van der Waals surface area (Å²) in [5.41, 5.74) is 0. The second-order valence-corrected chi connectivity index (χ2v) is 4.44. The first kappa shape index (κ1) is 7.62. The Hall–Kier alpha value is -0.0200. The summed E-state index contributed by atoms with van der Waals surface area (Å²) in [6.45, 7) is 0.760. The maximum Gasteiger partial charge on any atom is 0.174 e. The van der Waals surface area contributed by atoms with Crippen LogP contribution < -0.4 is 0 Å². The number of ether oxygens (including phenoxy) is 1. The Kier molecular flexibility index (Phi) is 1.93. The molecular formula is C8H12O2S. The molecule has 1 saturated carbocycles. The number of hydrogen-bond acceptors (Lipinski definition) is 3. The van der Waals surface area contributed by atoms with Crippen molar-refractivity contribution in [3.05, 3.63) is 0 Å². The number of carbonyl (C=O) groups excluding carboxylic acids is 1. The van der Waals surface area contributed by atoms with E-state index in [-0.39, 0.29) is 0 Å². The Balaban J connectivity index is 2.13.